The van der Waals surface area contributed by atoms with Gasteiger partial charge in [-0.05, 0) is 60.2 Å². The van der Waals surface area contributed by atoms with Gasteiger partial charge in [0.05, 0.1) is 11.1 Å². The fourth-order valence-corrected chi connectivity index (χ4v) is 4.44. The molecule has 0 atom stereocenters. The molecule has 0 amide bonds. The molecule has 2 aromatic carbocycles. The summed E-state index contributed by atoms with van der Waals surface area (Å²) in [6, 6.07) is 24.3. The highest BCUT2D eigenvalue weighted by molar-refractivity contribution is 5.80. The smallest absolute Gasteiger partial charge is 0.201 e. The highest BCUT2D eigenvalue weighted by atomic mass is 14.9. The average Bonchev–Trinajstić information content (AvgIpc) is 2.69. The third-order valence-electron chi connectivity index (χ3n) is 5.89. The van der Waals surface area contributed by atoms with Crippen LogP contribution in [0.15, 0.2) is 72.9 Å². The van der Waals surface area contributed by atoms with Gasteiger partial charge in [0.2, 0.25) is 16.9 Å². The SMILES string of the molecule is Cc1c(-c2cccc[n+]2C)cc(CC(C)(C)C)cc1-c1ccc2ccccc2[n+]1C. The van der Waals surface area contributed by atoms with Crippen LogP contribution in [0.5, 0.6) is 0 Å². The molecule has 4 rings (SSSR count). The lowest BCUT2D eigenvalue weighted by atomic mass is 9.85. The number of para-hydroxylation sites is 1. The van der Waals surface area contributed by atoms with Gasteiger partial charge in [0, 0.05) is 29.7 Å². The van der Waals surface area contributed by atoms with E-state index in [1.54, 1.807) is 0 Å². The minimum absolute atomic E-state index is 0.230. The Hall–Kier alpha value is -3.00. The minimum Gasteiger partial charge on any atom is -0.201 e. The molecule has 0 aliphatic heterocycles. The summed E-state index contributed by atoms with van der Waals surface area (Å²) in [7, 11) is 4.30. The van der Waals surface area contributed by atoms with Gasteiger partial charge >= 0.3 is 0 Å². The topological polar surface area (TPSA) is 7.76 Å². The van der Waals surface area contributed by atoms with E-state index in [9.17, 15) is 0 Å². The fraction of sp³-hybridized carbons (Fsp3) is 0.286. The maximum Gasteiger partial charge on any atom is 0.213 e. The Labute approximate surface area is 180 Å². The molecule has 0 spiro atoms. The maximum absolute atomic E-state index is 2.40. The van der Waals surface area contributed by atoms with Gasteiger partial charge in [-0.15, -0.1) is 0 Å². The summed E-state index contributed by atoms with van der Waals surface area (Å²) in [5.74, 6) is 0. The number of pyridine rings is 2. The summed E-state index contributed by atoms with van der Waals surface area (Å²) in [6.07, 6.45) is 3.17. The Bertz CT molecular complexity index is 1230. The summed E-state index contributed by atoms with van der Waals surface area (Å²) >= 11 is 0. The van der Waals surface area contributed by atoms with Crippen molar-refractivity contribution in [3.63, 3.8) is 0 Å². The van der Waals surface area contributed by atoms with E-state index in [4.69, 9.17) is 0 Å². The van der Waals surface area contributed by atoms with E-state index in [0.717, 1.165) is 6.42 Å². The van der Waals surface area contributed by atoms with Crippen LogP contribution in [-0.4, -0.2) is 0 Å². The van der Waals surface area contributed by atoms with Crippen molar-refractivity contribution in [3.8, 4) is 22.5 Å². The van der Waals surface area contributed by atoms with Gasteiger partial charge in [0.25, 0.3) is 0 Å². The van der Waals surface area contributed by atoms with Gasteiger partial charge in [0.1, 0.15) is 14.1 Å². The first-order chi connectivity index (χ1) is 14.2. The predicted molar refractivity (Wildman–Crippen MR) is 125 cm³/mol. The molecule has 0 N–H and O–H groups in total. The lowest BCUT2D eigenvalue weighted by molar-refractivity contribution is -0.660. The Morgan fingerprint density at radius 1 is 0.767 bits per heavy atom. The number of hydrogen-bond donors (Lipinski definition) is 0. The molecule has 0 saturated heterocycles. The molecule has 0 bridgehead atoms. The van der Waals surface area contributed by atoms with E-state index in [0.29, 0.717) is 0 Å². The van der Waals surface area contributed by atoms with Crippen molar-refractivity contribution >= 4 is 10.9 Å². The van der Waals surface area contributed by atoms with E-state index < -0.39 is 0 Å². The van der Waals surface area contributed by atoms with Crippen LogP contribution >= 0.6 is 0 Å². The van der Waals surface area contributed by atoms with Crippen LogP contribution in [0.2, 0.25) is 0 Å². The fourth-order valence-electron chi connectivity index (χ4n) is 4.44. The Balaban J connectivity index is 2.00. The second kappa shape index (κ2) is 7.68. The summed E-state index contributed by atoms with van der Waals surface area (Å²) in [6.45, 7) is 9.19. The zero-order valence-electron chi connectivity index (χ0n) is 19.0. The first-order valence-corrected chi connectivity index (χ1v) is 10.7. The van der Waals surface area contributed by atoms with Gasteiger partial charge in [-0.3, -0.25) is 0 Å². The van der Waals surface area contributed by atoms with Gasteiger partial charge in [-0.1, -0.05) is 32.9 Å². The lowest BCUT2D eigenvalue weighted by Gasteiger charge is -2.20. The molecule has 0 unspecified atom stereocenters. The third-order valence-corrected chi connectivity index (χ3v) is 5.89. The van der Waals surface area contributed by atoms with Gasteiger partial charge in [-0.25, -0.2) is 4.57 Å². The van der Waals surface area contributed by atoms with Crippen LogP contribution in [0, 0.1) is 12.3 Å². The third kappa shape index (κ3) is 3.87. The Morgan fingerprint density at radius 2 is 1.43 bits per heavy atom. The van der Waals surface area contributed by atoms with Gasteiger partial charge in [-0.2, -0.15) is 4.57 Å². The summed E-state index contributed by atoms with van der Waals surface area (Å²) in [5, 5.41) is 1.27. The largest absolute Gasteiger partial charge is 0.213 e. The van der Waals surface area contributed by atoms with Crippen LogP contribution in [0.4, 0.5) is 0 Å². The van der Waals surface area contributed by atoms with E-state index >= 15 is 0 Å². The number of fused-ring (bicyclic) bond motifs is 1. The number of nitrogens with zero attached hydrogens (tertiary/aromatic N) is 2. The van der Waals surface area contributed by atoms with Crippen molar-refractivity contribution in [2.75, 3.05) is 0 Å². The van der Waals surface area contributed by atoms with Gasteiger partial charge < -0.3 is 0 Å². The predicted octanol–water partition coefficient (Wildman–Crippen LogP) is 5.72. The summed E-state index contributed by atoms with van der Waals surface area (Å²) < 4.78 is 4.54. The normalized spacial score (nSPS) is 11.8. The van der Waals surface area contributed by atoms with Crippen molar-refractivity contribution in [2.24, 2.45) is 19.5 Å². The lowest BCUT2D eigenvalue weighted by Crippen LogP contribution is -2.32. The standard InChI is InChI=1S/C28H32N2/c1-20-23(26-13-9-10-16-29(26)5)17-21(19-28(2,3)4)18-24(20)27-15-14-22-11-7-8-12-25(22)30(27)6/h7-18H,19H2,1-6H3/q+2. The van der Waals surface area contributed by atoms with E-state index in [-0.39, 0.29) is 5.41 Å². The van der Waals surface area contributed by atoms with Crippen LogP contribution < -0.4 is 9.13 Å². The number of hydrogen-bond acceptors (Lipinski definition) is 0. The highest BCUT2D eigenvalue weighted by Crippen LogP contribution is 2.33. The molecule has 152 valence electrons. The molecule has 2 aromatic heterocycles. The number of rotatable bonds is 3. The molecule has 30 heavy (non-hydrogen) atoms. The monoisotopic (exact) mass is 396 g/mol. The molecule has 4 aromatic rings. The molecule has 0 fully saturated rings. The molecule has 2 heterocycles. The molecular weight excluding hydrogens is 364 g/mol. The maximum atomic E-state index is 2.40. The molecule has 0 aliphatic rings. The van der Waals surface area contributed by atoms with Crippen LogP contribution in [-0.2, 0) is 20.5 Å². The second-order valence-corrected chi connectivity index (χ2v) is 9.59. The van der Waals surface area contributed by atoms with Gasteiger partial charge in [0.15, 0.2) is 6.20 Å². The number of benzene rings is 2. The summed E-state index contributed by atoms with van der Waals surface area (Å²) in [4.78, 5) is 0. The number of aryl methyl sites for hydroxylation is 2. The van der Waals surface area contributed by atoms with Crippen molar-refractivity contribution in [3.05, 3.63) is 84.1 Å². The van der Waals surface area contributed by atoms with Crippen molar-refractivity contribution < 1.29 is 9.13 Å². The van der Waals surface area contributed by atoms with Crippen molar-refractivity contribution in [1.82, 2.24) is 0 Å². The van der Waals surface area contributed by atoms with Crippen molar-refractivity contribution in [2.45, 2.75) is 34.1 Å². The molecule has 2 heteroatoms. The molecule has 0 radical (unpaired) electrons. The molecule has 0 saturated carbocycles. The Kier molecular flexibility index (Phi) is 5.19. The first-order valence-electron chi connectivity index (χ1n) is 10.7. The minimum atomic E-state index is 0.230. The van der Waals surface area contributed by atoms with Crippen LogP contribution in [0.1, 0.15) is 31.9 Å². The summed E-state index contributed by atoms with van der Waals surface area (Å²) in [5.41, 5.74) is 9.30. The van der Waals surface area contributed by atoms with Crippen LogP contribution in [0.3, 0.4) is 0 Å². The van der Waals surface area contributed by atoms with E-state index in [1.165, 1.54) is 44.5 Å². The first kappa shape index (κ1) is 20.3. The van der Waals surface area contributed by atoms with E-state index in [1.807, 2.05) is 0 Å². The zero-order valence-corrected chi connectivity index (χ0v) is 19.0. The molecule has 0 aliphatic carbocycles. The quantitative estimate of drug-likeness (QED) is 0.391. The Morgan fingerprint density at radius 3 is 2.13 bits per heavy atom. The van der Waals surface area contributed by atoms with Crippen LogP contribution in [0.25, 0.3) is 33.4 Å². The van der Waals surface area contributed by atoms with E-state index in [2.05, 4.69) is 124 Å². The second-order valence-electron chi connectivity index (χ2n) is 9.59. The molecule has 2 nitrogen and oxygen atoms in total. The molecular formula is C28H32N2+2. The highest BCUT2D eigenvalue weighted by Gasteiger charge is 2.23. The number of aromatic nitrogens is 2. The average molecular weight is 397 g/mol. The van der Waals surface area contributed by atoms with Crippen molar-refractivity contribution in [1.29, 1.82) is 0 Å². The zero-order chi connectivity index (χ0) is 21.5.